The molecular weight excluding hydrogens is 686 g/mol. The summed E-state index contributed by atoms with van der Waals surface area (Å²) in [6.07, 6.45) is 9.54. The molecular formula is C17H35N9Y4-8. The molecule has 0 aromatic rings. The number of nitrogens with two attached hydrogens (primary N) is 1. The third-order valence-corrected chi connectivity index (χ3v) is 0.380. The molecule has 4 radical (unpaired) electrons. The molecule has 0 unspecified atom stereocenters. The topological polar surface area (TPSA) is 182 Å². The zero-order valence-electron chi connectivity index (χ0n) is 19.1. The summed E-state index contributed by atoms with van der Waals surface area (Å²) < 4.78 is 0. The third kappa shape index (κ3) is 611. The van der Waals surface area contributed by atoms with Crippen LogP contribution in [-0.2, 0) is 131 Å². The molecule has 0 atom stereocenters. The van der Waals surface area contributed by atoms with Crippen LogP contribution >= 0.6 is 0 Å². The second-order valence-electron chi connectivity index (χ2n) is 1.48. The molecule has 0 rings (SSSR count). The van der Waals surface area contributed by atoms with Gasteiger partial charge in [0, 0.05) is 138 Å². The van der Waals surface area contributed by atoms with Crippen LogP contribution in [0.15, 0.2) is 9.98 Å². The predicted octanol–water partition coefficient (Wildman–Crippen LogP) is 3.19. The molecule has 0 spiro atoms. The summed E-state index contributed by atoms with van der Waals surface area (Å²) in [6.45, 7) is 9.29. The Morgan fingerprint density at radius 2 is 1.07 bits per heavy atom. The van der Waals surface area contributed by atoms with Crippen molar-refractivity contribution >= 4 is 18.8 Å². The second-order valence-corrected chi connectivity index (χ2v) is 1.48. The van der Waals surface area contributed by atoms with Gasteiger partial charge in [0.2, 0.25) is 0 Å². The first kappa shape index (κ1) is 109. The van der Waals surface area contributed by atoms with Crippen LogP contribution < -0.4 is 11.1 Å². The predicted molar refractivity (Wildman–Crippen MR) is 113 cm³/mol. The van der Waals surface area contributed by atoms with E-state index in [1.807, 2.05) is 6.21 Å². The standard InChI is InChI=1S/C3H4N3.C3H3N2.C2H4N.C2H3N.CH5N.CN.CH4.4CH3.4Y/c1-5-3-6-2-4;1-2-5-3-4;2*1-2-3;2*1-2;;;;;;;;;/h1H3,(H,5,6);1H3;3H,1H3;1H3;2H2,1H3;;1H4;4*1H3;;;;/q3*-1;;;-1;;4*-1;;;;. The molecule has 0 saturated heterocycles. The van der Waals surface area contributed by atoms with E-state index in [2.05, 4.69) is 33.6 Å². The van der Waals surface area contributed by atoms with E-state index >= 15 is 0 Å². The van der Waals surface area contributed by atoms with Crippen LogP contribution in [0.3, 0.4) is 0 Å². The van der Waals surface area contributed by atoms with Gasteiger partial charge in [0.15, 0.2) is 0 Å². The second kappa shape index (κ2) is 249. The van der Waals surface area contributed by atoms with Crippen LogP contribution in [0.1, 0.15) is 28.2 Å². The van der Waals surface area contributed by atoms with Crippen LogP contribution in [0.25, 0.3) is 0 Å². The van der Waals surface area contributed by atoms with Crippen molar-refractivity contribution in [1.82, 2.24) is 5.32 Å². The minimum atomic E-state index is 0. The van der Waals surface area contributed by atoms with Gasteiger partial charge in [-0.15, -0.1) is 6.92 Å². The summed E-state index contributed by atoms with van der Waals surface area (Å²) in [5, 5.41) is 37.2. The van der Waals surface area contributed by atoms with E-state index < -0.39 is 0 Å². The third-order valence-electron chi connectivity index (χ3n) is 0.380. The van der Waals surface area contributed by atoms with E-state index in [9.17, 15) is 0 Å². The van der Waals surface area contributed by atoms with Crippen molar-refractivity contribution in [3.05, 3.63) is 36.3 Å². The molecule has 0 bridgehead atoms. The summed E-state index contributed by atoms with van der Waals surface area (Å²) in [4.78, 5) is 6.06. The number of nitrogens with one attached hydrogen (secondary N) is 2. The summed E-state index contributed by atoms with van der Waals surface area (Å²) in [6, 6.07) is 1.75. The first-order chi connectivity index (χ1) is 10.2. The Hall–Kier alpha value is 1.15. The molecule has 4 N–H and O–H groups in total. The quantitative estimate of drug-likeness (QED) is 0.123. The Balaban J connectivity index is -0.00000000678. The first-order valence-corrected chi connectivity index (χ1v) is 4.87. The molecule has 0 heterocycles. The summed E-state index contributed by atoms with van der Waals surface area (Å²) in [5.41, 5.74) is 4.50. The van der Waals surface area contributed by atoms with E-state index in [0.717, 1.165) is 0 Å². The minimum Gasteiger partial charge on any atom is -0.519 e. The van der Waals surface area contributed by atoms with Gasteiger partial charge in [-0.1, -0.05) is 13.8 Å². The summed E-state index contributed by atoms with van der Waals surface area (Å²) in [5.74, 6) is 0. The van der Waals surface area contributed by atoms with Gasteiger partial charge in [-0.05, 0) is 26.5 Å². The minimum absolute atomic E-state index is 0. The fourth-order valence-electron chi connectivity index (χ4n) is 0.131. The van der Waals surface area contributed by atoms with Gasteiger partial charge in [0.25, 0.3) is 0 Å². The van der Waals surface area contributed by atoms with E-state index in [-0.39, 0.29) is 168 Å². The van der Waals surface area contributed by atoms with E-state index in [4.69, 9.17) is 33.0 Å². The molecule has 9 nitrogen and oxygen atoms in total. The molecule has 30 heavy (non-hydrogen) atoms. The molecule has 0 saturated carbocycles. The molecule has 0 aromatic carbocycles. The monoisotopic (exact) mass is 721 g/mol. The number of nitriles is 3. The SMILES string of the molecule is C.CC#N.CN.CN[C-]=NC#N.C[C-]=N.C[C-]=NC#N.[C-]#N.[CH3-].[CH3-].[CH3-].[CH3-].[Y].[Y].[Y].[Y]. The Morgan fingerprint density at radius 1 is 0.867 bits per heavy atom. The van der Waals surface area contributed by atoms with Crippen LogP contribution in [0, 0.1) is 81.2 Å². The average Bonchev–Trinajstić information content (AvgIpc) is 2.52. The molecule has 0 amide bonds. The van der Waals surface area contributed by atoms with Gasteiger partial charge in [0.05, 0.1) is 6.07 Å². The Bertz CT molecular complexity index is 357. The Labute approximate surface area is 289 Å². The molecule has 0 aromatic heterocycles. The van der Waals surface area contributed by atoms with Crippen molar-refractivity contribution < 1.29 is 131 Å². The van der Waals surface area contributed by atoms with Crippen molar-refractivity contribution in [2.45, 2.75) is 28.2 Å². The maximum atomic E-state index is 7.68. The number of hydrogen-bond acceptors (Lipinski definition) is 8. The molecule has 168 valence electrons. The first-order valence-electron chi connectivity index (χ1n) is 4.87. The van der Waals surface area contributed by atoms with E-state index in [0.29, 0.717) is 0 Å². The Morgan fingerprint density at radius 3 is 1.10 bits per heavy atom. The number of nitrogens with zero attached hydrogens (tertiary/aromatic N) is 6. The summed E-state index contributed by atoms with van der Waals surface area (Å²) in [7, 11) is 3.13. The van der Waals surface area contributed by atoms with Crippen molar-refractivity contribution in [3.63, 3.8) is 0 Å². The van der Waals surface area contributed by atoms with Gasteiger partial charge in [-0.3, -0.25) is 0 Å². The fourth-order valence-corrected chi connectivity index (χ4v) is 0.131. The number of hydrogen-bond donors (Lipinski definition) is 3. The maximum absolute atomic E-state index is 7.68. The zero-order valence-corrected chi connectivity index (χ0v) is 30.4. The van der Waals surface area contributed by atoms with Crippen molar-refractivity contribution in [2.75, 3.05) is 14.1 Å². The Kier molecular flexibility index (Phi) is 900. The number of aliphatic imine (C=N–C) groups is 2. The van der Waals surface area contributed by atoms with Crippen molar-refractivity contribution in [1.29, 1.82) is 26.5 Å². The molecule has 0 aliphatic heterocycles. The van der Waals surface area contributed by atoms with Crippen LogP contribution in [-0.4, -0.2) is 32.9 Å². The molecule has 0 fully saturated rings. The van der Waals surface area contributed by atoms with Crippen LogP contribution in [0.5, 0.6) is 0 Å². The maximum Gasteiger partial charge on any atom is 0.0587 e. The van der Waals surface area contributed by atoms with Crippen molar-refractivity contribution in [3.8, 4) is 18.5 Å². The van der Waals surface area contributed by atoms with Gasteiger partial charge in [0.1, 0.15) is 0 Å². The normalized spacial score (nSPS) is 3.90. The van der Waals surface area contributed by atoms with E-state index in [1.54, 1.807) is 27.0 Å². The molecule has 13 heteroatoms. The zero-order chi connectivity index (χ0) is 18.4. The molecule has 0 aliphatic carbocycles. The van der Waals surface area contributed by atoms with Gasteiger partial charge in [-0.25, -0.2) is 0 Å². The molecule has 0 aliphatic rings. The van der Waals surface area contributed by atoms with Gasteiger partial charge in [-0.2, -0.15) is 18.4 Å². The van der Waals surface area contributed by atoms with Crippen molar-refractivity contribution in [2.24, 2.45) is 15.7 Å². The number of rotatable bonds is 1. The van der Waals surface area contributed by atoms with Gasteiger partial charge >= 0.3 is 0 Å². The van der Waals surface area contributed by atoms with Crippen LogP contribution in [0.4, 0.5) is 0 Å². The van der Waals surface area contributed by atoms with Crippen LogP contribution in [0.2, 0.25) is 0 Å². The average molecular weight is 721 g/mol. The smallest absolute Gasteiger partial charge is 0.0587 e. The van der Waals surface area contributed by atoms with Gasteiger partial charge < -0.3 is 84.7 Å². The fraction of sp³-hybridized carbons (Fsp3) is 0.353. The largest absolute Gasteiger partial charge is 0.519 e. The summed E-state index contributed by atoms with van der Waals surface area (Å²) >= 11 is 0. The van der Waals surface area contributed by atoms with E-state index in [1.165, 1.54) is 26.4 Å².